The number of alkyl halides is 3. The van der Waals surface area contributed by atoms with Crippen LogP contribution in [0.4, 0.5) is 13.2 Å². The zero-order valence-corrected chi connectivity index (χ0v) is 8.14. The Morgan fingerprint density at radius 1 is 1.33 bits per heavy atom. The van der Waals surface area contributed by atoms with Crippen LogP contribution < -0.4 is 0 Å². The van der Waals surface area contributed by atoms with Gasteiger partial charge in [0.1, 0.15) is 5.75 Å². The average molecular weight is 220 g/mol. The van der Waals surface area contributed by atoms with Gasteiger partial charge in [0, 0.05) is 6.61 Å². The molecule has 0 aliphatic rings. The largest absolute Gasteiger partial charge is 0.507 e. The van der Waals surface area contributed by atoms with Crippen molar-refractivity contribution < 1.29 is 23.0 Å². The highest BCUT2D eigenvalue weighted by Gasteiger charge is 2.33. The molecule has 1 N–H and O–H groups in total. The number of hydrogen-bond donors (Lipinski definition) is 1. The topological polar surface area (TPSA) is 29.5 Å². The van der Waals surface area contributed by atoms with Gasteiger partial charge in [-0.1, -0.05) is 6.07 Å². The van der Waals surface area contributed by atoms with Crippen molar-refractivity contribution in [2.24, 2.45) is 0 Å². The molecule has 0 heterocycles. The summed E-state index contributed by atoms with van der Waals surface area (Å²) in [6.45, 7) is 2.45. The lowest BCUT2D eigenvalue weighted by Crippen LogP contribution is -2.05. The zero-order chi connectivity index (χ0) is 11.5. The standard InChI is InChI=1S/C10H11F3O2/c1-2-15-6-7-3-4-8(9(14)5-7)10(11,12)13/h3-5,14H,2,6H2,1H3. The molecule has 1 aromatic rings. The van der Waals surface area contributed by atoms with Crippen molar-refractivity contribution in [3.63, 3.8) is 0 Å². The van der Waals surface area contributed by atoms with Crippen LogP contribution in [0, 0.1) is 0 Å². The van der Waals surface area contributed by atoms with E-state index in [9.17, 15) is 13.2 Å². The Kier molecular flexibility index (Phi) is 3.57. The first-order valence-electron chi connectivity index (χ1n) is 4.42. The highest BCUT2D eigenvalue weighted by atomic mass is 19.4. The van der Waals surface area contributed by atoms with E-state index < -0.39 is 17.5 Å². The fourth-order valence-corrected chi connectivity index (χ4v) is 1.13. The van der Waals surface area contributed by atoms with Crippen molar-refractivity contribution in [2.75, 3.05) is 6.61 Å². The van der Waals surface area contributed by atoms with Crippen molar-refractivity contribution in [3.05, 3.63) is 29.3 Å². The molecule has 84 valence electrons. The van der Waals surface area contributed by atoms with E-state index in [2.05, 4.69) is 0 Å². The molecule has 0 unspecified atom stereocenters. The van der Waals surface area contributed by atoms with Gasteiger partial charge in [-0.15, -0.1) is 0 Å². The minimum absolute atomic E-state index is 0.197. The molecule has 0 saturated heterocycles. The van der Waals surface area contributed by atoms with Crippen LogP contribution in [-0.4, -0.2) is 11.7 Å². The fourth-order valence-electron chi connectivity index (χ4n) is 1.13. The van der Waals surface area contributed by atoms with Gasteiger partial charge < -0.3 is 9.84 Å². The Bertz CT molecular complexity index is 334. The normalized spacial score (nSPS) is 11.7. The van der Waals surface area contributed by atoms with Gasteiger partial charge in [-0.3, -0.25) is 0 Å². The summed E-state index contributed by atoms with van der Waals surface area (Å²) in [7, 11) is 0. The number of halogens is 3. The Balaban J connectivity index is 2.89. The lowest BCUT2D eigenvalue weighted by molar-refractivity contribution is -0.138. The third kappa shape index (κ3) is 3.13. The molecule has 1 rings (SSSR count). The predicted molar refractivity (Wildman–Crippen MR) is 48.4 cm³/mol. The molecule has 0 amide bonds. The molecule has 0 aliphatic carbocycles. The van der Waals surface area contributed by atoms with E-state index >= 15 is 0 Å². The quantitative estimate of drug-likeness (QED) is 0.848. The molecule has 0 bridgehead atoms. The molecule has 0 radical (unpaired) electrons. The van der Waals surface area contributed by atoms with Gasteiger partial charge in [-0.2, -0.15) is 13.2 Å². The number of ether oxygens (including phenoxy) is 1. The second kappa shape index (κ2) is 4.53. The first-order chi connectivity index (χ1) is 6.95. The molecule has 0 aliphatic heterocycles. The molecule has 1 aromatic carbocycles. The number of phenolic OH excluding ortho intramolecular Hbond substituents is 1. The third-order valence-corrected chi connectivity index (χ3v) is 1.84. The van der Waals surface area contributed by atoms with E-state index in [0.29, 0.717) is 12.2 Å². The maximum atomic E-state index is 12.2. The van der Waals surface area contributed by atoms with Crippen LogP contribution in [0.15, 0.2) is 18.2 Å². The Morgan fingerprint density at radius 3 is 2.47 bits per heavy atom. The fraction of sp³-hybridized carbons (Fsp3) is 0.400. The van der Waals surface area contributed by atoms with E-state index in [1.54, 1.807) is 6.92 Å². The van der Waals surface area contributed by atoms with Crippen molar-refractivity contribution in [1.82, 2.24) is 0 Å². The molecule has 0 fully saturated rings. The summed E-state index contributed by atoms with van der Waals surface area (Å²) >= 11 is 0. The molecule has 5 heteroatoms. The Morgan fingerprint density at radius 2 is 2.00 bits per heavy atom. The summed E-state index contributed by atoms with van der Waals surface area (Å²) in [5.41, 5.74) is -0.509. The van der Waals surface area contributed by atoms with E-state index in [0.717, 1.165) is 12.1 Å². The van der Waals surface area contributed by atoms with Crippen LogP contribution >= 0.6 is 0 Å². The van der Waals surface area contributed by atoms with E-state index in [1.165, 1.54) is 6.07 Å². The Labute approximate surface area is 85.3 Å². The van der Waals surface area contributed by atoms with E-state index in [4.69, 9.17) is 9.84 Å². The Hall–Kier alpha value is -1.23. The van der Waals surface area contributed by atoms with Crippen LogP contribution in [0.1, 0.15) is 18.1 Å². The van der Waals surface area contributed by atoms with Gasteiger partial charge in [0.05, 0.1) is 12.2 Å². The van der Waals surface area contributed by atoms with Crippen LogP contribution in [0.2, 0.25) is 0 Å². The number of phenols is 1. The SMILES string of the molecule is CCOCc1ccc(C(F)(F)F)c(O)c1. The molecular weight excluding hydrogens is 209 g/mol. The minimum Gasteiger partial charge on any atom is -0.507 e. The number of rotatable bonds is 3. The molecule has 0 atom stereocenters. The van der Waals surface area contributed by atoms with Crippen molar-refractivity contribution in [2.45, 2.75) is 19.7 Å². The number of aromatic hydroxyl groups is 1. The molecular formula is C10H11F3O2. The smallest absolute Gasteiger partial charge is 0.419 e. The molecule has 2 nitrogen and oxygen atoms in total. The summed E-state index contributed by atoms with van der Waals surface area (Å²) in [6, 6.07) is 3.21. The second-order valence-corrected chi connectivity index (χ2v) is 2.99. The van der Waals surface area contributed by atoms with Gasteiger partial charge in [-0.25, -0.2) is 0 Å². The first-order valence-corrected chi connectivity index (χ1v) is 4.42. The average Bonchev–Trinajstić information content (AvgIpc) is 2.12. The highest BCUT2D eigenvalue weighted by Crippen LogP contribution is 2.35. The van der Waals surface area contributed by atoms with Gasteiger partial charge in [0.25, 0.3) is 0 Å². The lowest BCUT2D eigenvalue weighted by Gasteiger charge is -2.10. The van der Waals surface area contributed by atoms with Gasteiger partial charge in [0.15, 0.2) is 0 Å². The van der Waals surface area contributed by atoms with E-state index in [-0.39, 0.29) is 6.61 Å². The number of hydrogen-bond acceptors (Lipinski definition) is 2. The van der Waals surface area contributed by atoms with Crippen LogP contribution in [0.25, 0.3) is 0 Å². The van der Waals surface area contributed by atoms with E-state index in [1.807, 2.05) is 0 Å². The van der Waals surface area contributed by atoms with Crippen molar-refractivity contribution in [3.8, 4) is 5.75 Å². The highest BCUT2D eigenvalue weighted by molar-refractivity contribution is 5.38. The third-order valence-electron chi connectivity index (χ3n) is 1.84. The summed E-state index contributed by atoms with van der Waals surface area (Å²) in [6.07, 6.45) is -4.52. The zero-order valence-electron chi connectivity index (χ0n) is 8.14. The lowest BCUT2D eigenvalue weighted by atomic mass is 10.1. The summed E-state index contributed by atoms with van der Waals surface area (Å²) in [4.78, 5) is 0. The van der Waals surface area contributed by atoms with Crippen LogP contribution in [0.5, 0.6) is 5.75 Å². The molecule has 0 spiro atoms. The minimum atomic E-state index is -4.52. The first kappa shape index (κ1) is 11.8. The molecule has 15 heavy (non-hydrogen) atoms. The van der Waals surface area contributed by atoms with Crippen LogP contribution in [-0.2, 0) is 17.5 Å². The number of benzene rings is 1. The maximum Gasteiger partial charge on any atom is 0.419 e. The molecule has 0 saturated carbocycles. The summed E-state index contributed by atoms with van der Waals surface area (Å²) in [5.74, 6) is -0.764. The predicted octanol–water partition coefficient (Wildman–Crippen LogP) is 2.95. The van der Waals surface area contributed by atoms with Gasteiger partial charge in [-0.05, 0) is 24.6 Å². The van der Waals surface area contributed by atoms with Gasteiger partial charge in [0.2, 0.25) is 0 Å². The second-order valence-electron chi connectivity index (χ2n) is 2.99. The summed E-state index contributed by atoms with van der Waals surface area (Å²) in [5, 5.41) is 9.15. The van der Waals surface area contributed by atoms with Crippen molar-refractivity contribution in [1.29, 1.82) is 0 Å². The molecule has 0 aromatic heterocycles. The van der Waals surface area contributed by atoms with Crippen molar-refractivity contribution >= 4 is 0 Å². The maximum absolute atomic E-state index is 12.2. The monoisotopic (exact) mass is 220 g/mol. The summed E-state index contributed by atoms with van der Waals surface area (Å²) < 4.78 is 41.7. The van der Waals surface area contributed by atoms with Gasteiger partial charge >= 0.3 is 6.18 Å². The van der Waals surface area contributed by atoms with Crippen LogP contribution in [0.3, 0.4) is 0 Å².